The Hall–Kier alpha value is -1.04. The molecule has 0 aliphatic carbocycles. The second-order valence-corrected chi connectivity index (χ2v) is 7.62. The van der Waals surface area contributed by atoms with Crippen LogP contribution >= 0.6 is 18.7 Å². The van der Waals surface area contributed by atoms with E-state index in [9.17, 15) is 9.59 Å². The second-order valence-electron chi connectivity index (χ2n) is 3.44. The maximum absolute atomic E-state index is 10.9. The molecule has 0 bridgehead atoms. The van der Waals surface area contributed by atoms with Crippen LogP contribution in [0.15, 0.2) is 11.4 Å². The smallest absolute Gasteiger partial charge is 0.195 e. The minimum Gasteiger partial charge on any atom is -0.362 e. The van der Waals surface area contributed by atoms with Crippen LogP contribution in [0.25, 0.3) is 0 Å². The van der Waals surface area contributed by atoms with Crippen LogP contribution in [-0.4, -0.2) is 42.3 Å². The Balaban J connectivity index is 2.87. The zero-order chi connectivity index (χ0) is 13.5. The zero-order valence-electron chi connectivity index (χ0n) is 10.4. The number of hydrogen-bond donors (Lipinski definition) is 2. The molecule has 0 aliphatic rings. The number of aromatic nitrogens is 2. The number of anilines is 1. The van der Waals surface area contributed by atoms with Gasteiger partial charge in [0.25, 0.3) is 0 Å². The topological polar surface area (TPSA) is 84.0 Å². The summed E-state index contributed by atoms with van der Waals surface area (Å²) in [5.41, 5.74) is 0.352. The molecule has 0 saturated heterocycles. The minimum atomic E-state index is -0.444. The molecule has 18 heavy (non-hydrogen) atoms. The molecule has 2 N–H and O–H groups in total. The molecule has 98 valence electrons. The molecule has 1 rings (SSSR count). The normalized spacial score (nSPS) is 11.9. The number of hydrogen-bond acceptors (Lipinski definition) is 7. The predicted octanol–water partition coefficient (Wildman–Crippen LogP) is 1.54. The van der Waals surface area contributed by atoms with Crippen molar-refractivity contribution in [2.75, 3.05) is 25.6 Å². The van der Waals surface area contributed by atoms with Gasteiger partial charge in [0, 0.05) is 13.5 Å². The molecule has 0 radical (unpaired) electrons. The third kappa shape index (κ3) is 4.68. The van der Waals surface area contributed by atoms with Gasteiger partial charge in [-0.3, -0.25) is 14.7 Å². The Kier molecular flexibility index (Phi) is 6.18. The van der Waals surface area contributed by atoms with E-state index in [1.807, 2.05) is 13.7 Å². The zero-order valence-corrected chi connectivity index (χ0v) is 12.1. The van der Waals surface area contributed by atoms with Crippen molar-refractivity contribution in [3.05, 3.63) is 11.8 Å². The molecule has 6 nitrogen and oxygen atoms in total. The van der Waals surface area contributed by atoms with Crippen molar-refractivity contribution in [3.63, 3.8) is 0 Å². The second kappa shape index (κ2) is 7.41. The van der Waals surface area contributed by atoms with Crippen molar-refractivity contribution in [3.8, 4) is 0 Å². The SMILES string of the molecule is CNP(C)Sc1ncc(C=O)c(NCC(C)=O)n1. The Morgan fingerprint density at radius 3 is 2.89 bits per heavy atom. The van der Waals surface area contributed by atoms with Crippen molar-refractivity contribution in [2.24, 2.45) is 0 Å². The van der Waals surface area contributed by atoms with Gasteiger partial charge in [-0.05, 0) is 32.0 Å². The Morgan fingerprint density at radius 1 is 1.61 bits per heavy atom. The molecule has 1 heterocycles. The monoisotopic (exact) mass is 286 g/mol. The number of carbonyl (C=O) groups excluding carboxylic acids is 2. The highest BCUT2D eigenvalue weighted by Gasteiger charge is 2.10. The van der Waals surface area contributed by atoms with E-state index in [0.717, 1.165) is 0 Å². The van der Waals surface area contributed by atoms with Crippen LogP contribution in [-0.2, 0) is 4.79 Å². The van der Waals surface area contributed by atoms with E-state index in [1.54, 1.807) is 0 Å². The molecule has 0 fully saturated rings. The van der Waals surface area contributed by atoms with Gasteiger partial charge in [0.15, 0.2) is 11.4 Å². The Bertz CT molecular complexity index is 444. The highest BCUT2D eigenvalue weighted by Crippen LogP contribution is 2.45. The average molecular weight is 286 g/mol. The molecule has 8 heteroatoms. The van der Waals surface area contributed by atoms with E-state index in [-0.39, 0.29) is 12.3 Å². The number of nitrogens with zero attached hydrogens (tertiary/aromatic N) is 2. The fourth-order valence-corrected chi connectivity index (χ4v) is 2.86. The number of carbonyl (C=O) groups is 2. The summed E-state index contributed by atoms with van der Waals surface area (Å²) in [5, 5.41) is 6.53. The largest absolute Gasteiger partial charge is 0.362 e. The van der Waals surface area contributed by atoms with Crippen molar-refractivity contribution < 1.29 is 9.59 Å². The lowest BCUT2D eigenvalue weighted by Crippen LogP contribution is -2.13. The lowest BCUT2D eigenvalue weighted by molar-refractivity contribution is -0.115. The van der Waals surface area contributed by atoms with Gasteiger partial charge in [-0.25, -0.2) is 9.97 Å². The number of nitrogens with one attached hydrogen (secondary N) is 2. The number of Topliss-reactive ketones (excluding diaryl/α,β-unsaturated/α-hetero) is 1. The van der Waals surface area contributed by atoms with E-state index in [2.05, 4.69) is 20.4 Å². The van der Waals surface area contributed by atoms with Crippen molar-refractivity contribution in [2.45, 2.75) is 12.1 Å². The fourth-order valence-electron chi connectivity index (χ4n) is 1.02. The summed E-state index contributed by atoms with van der Waals surface area (Å²) >= 11 is 1.50. The third-order valence-electron chi connectivity index (χ3n) is 1.96. The van der Waals surface area contributed by atoms with Crippen molar-refractivity contribution in [1.29, 1.82) is 0 Å². The van der Waals surface area contributed by atoms with Gasteiger partial charge >= 0.3 is 0 Å². The first-order valence-corrected chi connectivity index (χ1v) is 8.42. The summed E-state index contributed by atoms with van der Waals surface area (Å²) < 4.78 is 0. The molecule has 0 spiro atoms. The first-order chi connectivity index (χ1) is 8.56. The Morgan fingerprint density at radius 2 is 2.33 bits per heavy atom. The molecule has 1 aromatic heterocycles. The van der Waals surface area contributed by atoms with Gasteiger partial charge in [0.1, 0.15) is 11.6 Å². The van der Waals surface area contributed by atoms with E-state index >= 15 is 0 Å². The fraction of sp³-hybridized carbons (Fsp3) is 0.400. The highest BCUT2D eigenvalue weighted by atomic mass is 32.7. The lowest BCUT2D eigenvalue weighted by atomic mass is 10.3. The summed E-state index contributed by atoms with van der Waals surface area (Å²) in [6.07, 6.45) is 2.13. The maximum atomic E-state index is 10.9. The molecule has 0 aliphatic heterocycles. The van der Waals surface area contributed by atoms with Crippen molar-refractivity contribution in [1.82, 2.24) is 15.1 Å². The molecule has 1 atom stereocenters. The van der Waals surface area contributed by atoms with Crippen LogP contribution in [0.2, 0.25) is 0 Å². The predicted molar refractivity (Wildman–Crippen MR) is 74.4 cm³/mol. The Labute approximate surface area is 111 Å². The van der Waals surface area contributed by atoms with Crippen LogP contribution < -0.4 is 10.4 Å². The summed E-state index contributed by atoms with van der Waals surface area (Å²) in [5.74, 6) is 0.379. The third-order valence-corrected chi connectivity index (χ3v) is 5.08. The van der Waals surface area contributed by atoms with E-state index in [0.29, 0.717) is 22.8 Å². The first-order valence-electron chi connectivity index (χ1n) is 5.21. The molecule has 0 saturated carbocycles. The molecule has 1 unspecified atom stereocenters. The van der Waals surface area contributed by atoms with Crippen LogP contribution in [0.4, 0.5) is 5.82 Å². The van der Waals surface area contributed by atoms with Gasteiger partial charge < -0.3 is 5.32 Å². The highest BCUT2D eigenvalue weighted by molar-refractivity contribution is 8.54. The van der Waals surface area contributed by atoms with Crippen LogP contribution in [0, 0.1) is 0 Å². The van der Waals surface area contributed by atoms with Gasteiger partial charge in [-0.2, -0.15) is 0 Å². The van der Waals surface area contributed by atoms with Crippen LogP contribution in [0.3, 0.4) is 0 Å². The van der Waals surface area contributed by atoms with Gasteiger partial charge in [0.2, 0.25) is 0 Å². The average Bonchev–Trinajstić information content (AvgIpc) is 2.36. The number of aldehydes is 1. The van der Waals surface area contributed by atoms with Gasteiger partial charge in [-0.15, -0.1) is 0 Å². The summed E-state index contributed by atoms with van der Waals surface area (Å²) in [6.45, 7) is 3.66. The first kappa shape index (κ1) is 15.0. The number of rotatable bonds is 7. The van der Waals surface area contributed by atoms with Gasteiger partial charge in [-0.1, -0.05) is 0 Å². The summed E-state index contributed by atoms with van der Waals surface area (Å²) in [4.78, 5) is 30.1. The molecule has 1 aromatic rings. The van der Waals surface area contributed by atoms with Crippen LogP contribution in [0.5, 0.6) is 0 Å². The quantitative estimate of drug-likeness (QED) is 0.447. The van der Waals surface area contributed by atoms with E-state index < -0.39 is 7.27 Å². The molecule has 0 aromatic carbocycles. The molecular formula is C10H15N4O2PS. The van der Waals surface area contributed by atoms with Crippen molar-refractivity contribution >= 4 is 36.5 Å². The minimum absolute atomic E-state index is 0.0207. The molecule has 0 amide bonds. The maximum Gasteiger partial charge on any atom is 0.195 e. The summed E-state index contributed by atoms with van der Waals surface area (Å²) in [6, 6.07) is 0. The number of ketones is 1. The van der Waals surface area contributed by atoms with E-state index in [4.69, 9.17) is 0 Å². The molecular weight excluding hydrogens is 271 g/mol. The van der Waals surface area contributed by atoms with E-state index in [1.165, 1.54) is 24.5 Å². The van der Waals surface area contributed by atoms with Crippen LogP contribution in [0.1, 0.15) is 17.3 Å². The lowest BCUT2D eigenvalue weighted by Gasteiger charge is -2.10. The van der Waals surface area contributed by atoms with Gasteiger partial charge in [0.05, 0.1) is 12.1 Å². The summed E-state index contributed by atoms with van der Waals surface area (Å²) in [7, 11) is 1.42. The standard InChI is InChI=1S/C10H15N4O2PS/c1-7(16)4-12-9-8(6-15)5-13-10(14-9)18-17(3)11-2/h5-6,11H,4H2,1-3H3,(H,12,13,14).